The number of hydrogen-bond donors (Lipinski definition) is 2. The molecule has 0 aliphatic heterocycles. The summed E-state index contributed by atoms with van der Waals surface area (Å²) in [4.78, 5) is 15.4. The summed E-state index contributed by atoms with van der Waals surface area (Å²) in [5, 5.41) is 4.35. The predicted molar refractivity (Wildman–Crippen MR) is 110 cm³/mol. The first-order valence-corrected chi connectivity index (χ1v) is 9.05. The highest BCUT2D eigenvalue weighted by atomic mass is 16.5. The molecule has 0 fully saturated rings. The lowest BCUT2D eigenvalue weighted by Crippen LogP contribution is -2.16. The van der Waals surface area contributed by atoms with Crippen LogP contribution in [-0.4, -0.2) is 19.2 Å². The Labute approximate surface area is 159 Å². The monoisotopic (exact) mass is 366 g/mol. The van der Waals surface area contributed by atoms with Crippen molar-refractivity contribution in [3.63, 3.8) is 0 Å². The molecule has 3 aromatic rings. The molecule has 0 saturated heterocycles. The molecule has 2 N–H and O–H groups in total. The third kappa shape index (κ3) is 3.92. The quantitative estimate of drug-likeness (QED) is 0.670. The SMILES string of the molecule is COc1ccc2[nH]c(=O)c(CNc3cc(C(C)C)c(OC)cc3C)cc2c1. The molecule has 3 rings (SSSR count). The number of aromatic nitrogens is 1. The minimum atomic E-state index is -0.0876. The van der Waals surface area contributed by atoms with E-state index >= 15 is 0 Å². The second-order valence-corrected chi connectivity index (χ2v) is 6.99. The minimum absolute atomic E-state index is 0.0876. The van der Waals surface area contributed by atoms with Crippen LogP contribution >= 0.6 is 0 Å². The average Bonchev–Trinajstić information content (AvgIpc) is 2.66. The van der Waals surface area contributed by atoms with E-state index in [4.69, 9.17) is 9.47 Å². The number of anilines is 1. The number of benzene rings is 2. The predicted octanol–water partition coefficient (Wildman–Crippen LogP) is 4.59. The molecule has 27 heavy (non-hydrogen) atoms. The van der Waals surface area contributed by atoms with Crippen LogP contribution in [0.4, 0.5) is 5.69 Å². The van der Waals surface area contributed by atoms with Crippen molar-refractivity contribution < 1.29 is 9.47 Å². The third-order valence-corrected chi connectivity index (χ3v) is 4.80. The summed E-state index contributed by atoms with van der Waals surface area (Å²) in [5.41, 5.74) is 4.61. The number of aryl methyl sites for hydroxylation is 1. The zero-order chi connectivity index (χ0) is 19.6. The molecule has 0 amide bonds. The number of nitrogens with one attached hydrogen (secondary N) is 2. The molecule has 0 bridgehead atoms. The molecular weight excluding hydrogens is 340 g/mol. The Morgan fingerprint density at radius 3 is 2.52 bits per heavy atom. The molecule has 0 spiro atoms. The summed E-state index contributed by atoms with van der Waals surface area (Å²) in [7, 11) is 3.32. The van der Waals surface area contributed by atoms with E-state index in [1.165, 1.54) is 0 Å². The van der Waals surface area contributed by atoms with Crippen LogP contribution in [0, 0.1) is 6.92 Å². The lowest BCUT2D eigenvalue weighted by Gasteiger charge is -2.17. The minimum Gasteiger partial charge on any atom is -0.497 e. The Morgan fingerprint density at radius 2 is 1.85 bits per heavy atom. The molecular formula is C22H26N2O3. The van der Waals surface area contributed by atoms with Gasteiger partial charge < -0.3 is 19.8 Å². The lowest BCUT2D eigenvalue weighted by atomic mass is 9.99. The summed E-state index contributed by atoms with van der Waals surface area (Å²) in [6.07, 6.45) is 0. The van der Waals surface area contributed by atoms with Crippen LogP contribution in [0.15, 0.2) is 41.2 Å². The number of pyridine rings is 1. The van der Waals surface area contributed by atoms with Crippen LogP contribution in [0.5, 0.6) is 11.5 Å². The van der Waals surface area contributed by atoms with Crippen LogP contribution in [0.2, 0.25) is 0 Å². The molecule has 5 nitrogen and oxygen atoms in total. The van der Waals surface area contributed by atoms with Gasteiger partial charge in [-0.2, -0.15) is 0 Å². The van der Waals surface area contributed by atoms with Crippen molar-refractivity contribution in [2.45, 2.75) is 33.2 Å². The van der Waals surface area contributed by atoms with Gasteiger partial charge in [0.25, 0.3) is 5.56 Å². The molecule has 2 aromatic carbocycles. The van der Waals surface area contributed by atoms with Gasteiger partial charge >= 0.3 is 0 Å². The highest BCUT2D eigenvalue weighted by molar-refractivity contribution is 5.80. The fraction of sp³-hybridized carbons (Fsp3) is 0.318. The first-order chi connectivity index (χ1) is 12.9. The summed E-state index contributed by atoms with van der Waals surface area (Å²) >= 11 is 0. The average molecular weight is 366 g/mol. The van der Waals surface area contributed by atoms with Crippen molar-refractivity contribution in [3.05, 3.63) is 63.4 Å². The van der Waals surface area contributed by atoms with Crippen LogP contribution in [0.3, 0.4) is 0 Å². The Morgan fingerprint density at radius 1 is 1.07 bits per heavy atom. The first-order valence-electron chi connectivity index (χ1n) is 9.05. The van der Waals surface area contributed by atoms with Crippen molar-refractivity contribution in [2.24, 2.45) is 0 Å². The van der Waals surface area contributed by atoms with Gasteiger partial charge in [-0.3, -0.25) is 4.79 Å². The Balaban J connectivity index is 1.91. The maximum atomic E-state index is 12.4. The molecule has 0 atom stereocenters. The molecule has 0 saturated carbocycles. The van der Waals surface area contributed by atoms with Crippen LogP contribution in [0.25, 0.3) is 10.9 Å². The zero-order valence-electron chi connectivity index (χ0n) is 16.5. The number of H-pyrrole nitrogens is 1. The molecule has 1 heterocycles. The Kier molecular flexibility index (Phi) is 5.40. The Bertz CT molecular complexity index is 1020. The third-order valence-electron chi connectivity index (χ3n) is 4.80. The standard InChI is InChI=1S/C22H26N2O3/c1-13(2)18-11-20(14(3)8-21(18)27-5)23-12-16-9-15-10-17(26-4)6-7-19(15)24-22(16)25/h6-11,13,23H,12H2,1-5H3,(H,24,25). The van der Waals surface area contributed by atoms with Gasteiger partial charge in [0, 0.05) is 28.7 Å². The molecule has 1 aromatic heterocycles. The topological polar surface area (TPSA) is 63.4 Å². The number of ether oxygens (including phenoxy) is 2. The molecule has 5 heteroatoms. The second kappa shape index (κ2) is 7.74. The van der Waals surface area contributed by atoms with Crippen molar-refractivity contribution >= 4 is 16.6 Å². The van der Waals surface area contributed by atoms with Gasteiger partial charge in [-0.25, -0.2) is 0 Å². The summed E-state index contributed by atoms with van der Waals surface area (Å²) in [6, 6.07) is 11.7. The summed E-state index contributed by atoms with van der Waals surface area (Å²) < 4.78 is 10.8. The van der Waals surface area contributed by atoms with E-state index < -0.39 is 0 Å². The highest BCUT2D eigenvalue weighted by Crippen LogP contribution is 2.32. The van der Waals surface area contributed by atoms with Crippen molar-refractivity contribution in [2.75, 3.05) is 19.5 Å². The summed E-state index contributed by atoms with van der Waals surface area (Å²) in [6.45, 7) is 6.74. The lowest BCUT2D eigenvalue weighted by molar-refractivity contribution is 0.407. The Hall–Kier alpha value is -2.95. The van der Waals surface area contributed by atoms with Gasteiger partial charge in [0.15, 0.2) is 0 Å². The molecule has 142 valence electrons. The summed E-state index contributed by atoms with van der Waals surface area (Å²) in [5.74, 6) is 2.00. The maximum absolute atomic E-state index is 12.4. The molecule has 0 radical (unpaired) electrons. The first kappa shape index (κ1) is 18.8. The van der Waals surface area contributed by atoms with Gasteiger partial charge in [0.1, 0.15) is 11.5 Å². The van der Waals surface area contributed by atoms with Gasteiger partial charge in [-0.1, -0.05) is 13.8 Å². The van der Waals surface area contributed by atoms with Gasteiger partial charge in [-0.15, -0.1) is 0 Å². The zero-order valence-corrected chi connectivity index (χ0v) is 16.5. The van der Waals surface area contributed by atoms with E-state index in [9.17, 15) is 4.79 Å². The van der Waals surface area contributed by atoms with Crippen molar-refractivity contribution in [1.82, 2.24) is 4.98 Å². The maximum Gasteiger partial charge on any atom is 0.253 e. The van der Waals surface area contributed by atoms with Gasteiger partial charge in [-0.05, 0) is 60.4 Å². The largest absolute Gasteiger partial charge is 0.497 e. The van der Waals surface area contributed by atoms with Crippen LogP contribution in [0.1, 0.15) is 36.5 Å². The fourth-order valence-electron chi connectivity index (χ4n) is 3.20. The van der Waals surface area contributed by atoms with E-state index in [1.807, 2.05) is 37.3 Å². The normalized spacial score (nSPS) is 11.0. The second-order valence-electron chi connectivity index (χ2n) is 6.99. The number of aromatic amines is 1. The number of hydrogen-bond acceptors (Lipinski definition) is 4. The van der Waals surface area contributed by atoms with E-state index in [1.54, 1.807) is 14.2 Å². The molecule has 0 aliphatic rings. The van der Waals surface area contributed by atoms with Crippen LogP contribution in [-0.2, 0) is 6.54 Å². The molecule has 0 aliphatic carbocycles. The van der Waals surface area contributed by atoms with Crippen LogP contribution < -0.4 is 20.3 Å². The van der Waals surface area contributed by atoms with Crippen molar-refractivity contribution in [1.29, 1.82) is 0 Å². The number of methoxy groups -OCH3 is 2. The molecule has 0 unspecified atom stereocenters. The van der Waals surface area contributed by atoms with E-state index in [0.29, 0.717) is 18.0 Å². The van der Waals surface area contributed by atoms with Gasteiger partial charge in [0.05, 0.1) is 14.2 Å². The van der Waals surface area contributed by atoms with E-state index in [-0.39, 0.29) is 5.56 Å². The van der Waals surface area contributed by atoms with Crippen molar-refractivity contribution in [3.8, 4) is 11.5 Å². The number of rotatable bonds is 6. The smallest absolute Gasteiger partial charge is 0.253 e. The van der Waals surface area contributed by atoms with E-state index in [2.05, 4.69) is 30.2 Å². The van der Waals surface area contributed by atoms with E-state index in [0.717, 1.165) is 39.2 Å². The highest BCUT2D eigenvalue weighted by Gasteiger charge is 2.12. The van der Waals surface area contributed by atoms with Gasteiger partial charge in [0.2, 0.25) is 0 Å². The fourth-order valence-corrected chi connectivity index (χ4v) is 3.20. The number of fused-ring (bicyclic) bond motifs is 1.